The molecule has 0 saturated heterocycles. The summed E-state index contributed by atoms with van der Waals surface area (Å²) >= 11 is 0. The van der Waals surface area contributed by atoms with Crippen LogP contribution in [0.3, 0.4) is 0 Å². The Bertz CT molecular complexity index is 476. The van der Waals surface area contributed by atoms with E-state index in [1.165, 1.54) is 11.1 Å². The smallest absolute Gasteiger partial charge is 0.133 e. The van der Waals surface area contributed by atoms with Crippen LogP contribution in [-0.4, -0.2) is 10.9 Å². The molecular formula is C16H22O2. The van der Waals surface area contributed by atoms with E-state index in [2.05, 4.69) is 26.0 Å². The maximum absolute atomic E-state index is 11.5. The molecule has 0 heterocycles. The lowest BCUT2D eigenvalue weighted by Crippen LogP contribution is -2.22. The fourth-order valence-electron chi connectivity index (χ4n) is 3.08. The molecule has 1 aromatic carbocycles. The number of ketones is 1. The van der Waals surface area contributed by atoms with E-state index in [9.17, 15) is 9.90 Å². The highest BCUT2D eigenvalue weighted by Gasteiger charge is 2.37. The van der Waals surface area contributed by atoms with Crippen molar-refractivity contribution >= 4 is 5.78 Å². The van der Waals surface area contributed by atoms with Gasteiger partial charge in [-0.25, -0.2) is 0 Å². The number of hydrogen-bond acceptors (Lipinski definition) is 2. The van der Waals surface area contributed by atoms with E-state index in [0.29, 0.717) is 0 Å². The molecule has 0 radical (unpaired) electrons. The first kappa shape index (κ1) is 13.3. The van der Waals surface area contributed by atoms with Crippen LogP contribution in [0.4, 0.5) is 0 Å². The minimum absolute atomic E-state index is 0.0447. The highest BCUT2D eigenvalue weighted by Crippen LogP contribution is 2.42. The van der Waals surface area contributed by atoms with Crippen molar-refractivity contribution in [2.45, 2.75) is 46.6 Å². The van der Waals surface area contributed by atoms with Gasteiger partial charge in [0.05, 0.1) is 6.10 Å². The van der Waals surface area contributed by atoms with Crippen LogP contribution in [0.5, 0.6) is 0 Å². The monoisotopic (exact) mass is 246 g/mol. The number of hydrogen-bond donors (Lipinski definition) is 1. The summed E-state index contributed by atoms with van der Waals surface area (Å²) in [4.78, 5) is 11.5. The second kappa shape index (κ2) is 4.85. The molecule has 98 valence electrons. The Hall–Kier alpha value is -1.15. The van der Waals surface area contributed by atoms with Gasteiger partial charge in [-0.3, -0.25) is 4.79 Å². The highest BCUT2D eigenvalue weighted by molar-refractivity contribution is 5.78. The standard InChI is InChI=1S/C16H22O2/c1-5-12-6-9(2)15-13(7-12)8-14(16(15)18)10(3)11(4)17/h6-7,10,14,16,18H,5,8H2,1-4H3. The summed E-state index contributed by atoms with van der Waals surface area (Å²) in [5.41, 5.74) is 4.77. The fraction of sp³-hybridized carbons (Fsp3) is 0.562. The van der Waals surface area contributed by atoms with Gasteiger partial charge in [-0.15, -0.1) is 0 Å². The summed E-state index contributed by atoms with van der Waals surface area (Å²) < 4.78 is 0. The quantitative estimate of drug-likeness (QED) is 0.890. The van der Waals surface area contributed by atoms with E-state index in [4.69, 9.17) is 0 Å². The van der Waals surface area contributed by atoms with Crippen molar-refractivity contribution < 1.29 is 9.90 Å². The third-order valence-corrected chi connectivity index (χ3v) is 4.38. The summed E-state index contributed by atoms with van der Waals surface area (Å²) in [7, 11) is 0. The first-order valence-corrected chi connectivity index (χ1v) is 6.76. The number of aliphatic hydroxyl groups excluding tert-OH is 1. The fourth-order valence-corrected chi connectivity index (χ4v) is 3.08. The largest absolute Gasteiger partial charge is 0.388 e. The summed E-state index contributed by atoms with van der Waals surface area (Å²) in [5.74, 6) is 0.139. The Balaban J connectivity index is 2.38. The highest BCUT2D eigenvalue weighted by atomic mass is 16.3. The number of fused-ring (bicyclic) bond motifs is 1. The molecule has 2 nitrogen and oxygen atoms in total. The minimum atomic E-state index is -0.482. The molecule has 2 rings (SSSR count). The van der Waals surface area contributed by atoms with E-state index < -0.39 is 6.10 Å². The molecule has 2 heteroatoms. The molecule has 3 unspecified atom stereocenters. The minimum Gasteiger partial charge on any atom is -0.388 e. The summed E-state index contributed by atoms with van der Waals surface area (Å²) in [6.07, 6.45) is 1.35. The molecule has 1 N–H and O–H groups in total. The van der Waals surface area contributed by atoms with E-state index >= 15 is 0 Å². The maximum Gasteiger partial charge on any atom is 0.133 e. The number of benzene rings is 1. The van der Waals surface area contributed by atoms with Gasteiger partial charge in [0, 0.05) is 11.8 Å². The van der Waals surface area contributed by atoms with Crippen molar-refractivity contribution in [3.05, 3.63) is 34.4 Å². The maximum atomic E-state index is 11.5. The normalized spacial score (nSPS) is 23.8. The van der Waals surface area contributed by atoms with Gasteiger partial charge in [0.15, 0.2) is 0 Å². The lowest BCUT2D eigenvalue weighted by molar-refractivity contribution is -0.123. The van der Waals surface area contributed by atoms with Gasteiger partial charge in [0.1, 0.15) is 5.78 Å². The van der Waals surface area contributed by atoms with Crippen LogP contribution in [0, 0.1) is 18.8 Å². The Morgan fingerprint density at radius 2 is 2.17 bits per heavy atom. The van der Waals surface area contributed by atoms with Gasteiger partial charge in [-0.05, 0) is 48.9 Å². The van der Waals surface area contributed by atoms with Crippen LogP contribution in [0.25, 0.3) is 0 Å². The van der Waals surface area contributed by atoms with E-state index in [-0.39, 0.29) is 17.6 Å². The second-order valence-corrected chi connectivity index (χ2v) is 5.55. The molecule has 0 aromatic heterocycles. The molecule has 1 aliphatic carbocycles. The average molecular weight is 246 g/mol. The summed E-state index contributed by atoms with van der Waals surface area (Å²) in [6, 6.07) is 4.35. The SMILES string of the molecule is CCc1cc(C)c2c(c1)CC(C(C)C(C)=O)C2O. The van der Waals surface area contributed by atoms with Gasteiger partial charge in [-0.1, -0.05) is 26.0 Å². The van der Waals surface area contributed by atoms with Gasteiger partial charge in [0.2, 0.25) is 0 Å². The molecule has 18 heavy (non-hydrogen) atoms. The molecule has 0 fully saturated rings. The van der Waals surface area contributed by atoms with Crippen LogP contribution in [0.15, 0.2) is 12.1 Å². The number of Topliss-reactive ketones (excluding diaryl/α,β-unsaturated/α-hetero) is 1. The zero-order valence-corrected chi connectivity index (χ0v) is 11.7. The van der Waals surface area contributed by atoms with Crippen LogP contribution in [0.2, 0.25) is 0 Å². The number of aryl methyl sites for hydroxylation is 2. The Morgan fingerprint density at radius 1 is 1.50 bits per heavy atom. The molecule has 1 aliphatic rings. The lowest BCUT2D eigenvalue weighted by Gasteiger charge is -2.20. The zero-order valence-electron chi connectivity index (χ0n) is 11.7. The van der Waals surface area contributed by atoms with Gasteiger partial charge in [0.25, 0.3) is 0 Å². The first-order chi connectivity index (χ1) is 8.45. The third kappa shape index (κ3) is 2.10. The number of carbonyl (C=O) groups excluding carboxylic acids is 1. The Kier molecular flexibility index (Phi) is 3.58. The predicted molar refractivity (Wildman–Crippen MR) is 72.6 cm³/mol. The van der Waals surface area contributed by atoms with Crippen LogP contribution >= 0.6 is 0 Å². The van der Waals surface area contributed by atoms with Crippen molar-refractivity contribution in [3.8, 4) is 0 Å². The Morgan fingerprint density at radius 3 is 2.72 bits per heavy atom. The first-order valence-electron chi connectivity index (χ1n) is 6.76. The van der Waals surface area contributed by atoms with Gasteiger partial charge < -0.3 is 5.11 Å². The van der Waals surface area contributed by atoms with E-state index in [0.717, 1.165) is 24.0 Å². The van der Waals surface area contributed by atoms with E-state index in [1.807, 2.05) is 6.92 Å². The predicted octanol–water partition coefficient (Wildman–Crippen LogP) is 2.99. The van der Waals surface area contributed by atoms with Crippen LogP contribution in [-0.2, 0) is 17.6 Å². The second-order valence-electron chi connectivity index (χ2n) is 5.55. The van der Waals surface area contributed by atoms with Crippen molar-refractivity contribution in [1.82, 2.24) is 0 Å². The summed E-state index contributed by atoms with van der Waals surface area (Å²) in [6.45, 7) is 7.74. The van der Waals surface area contributed by atoms with Crippen molar-refractivity contribution in [3.63, 3.8) is 0 Å². The van der Waals surface area contributed by atoms with Crippen LogP contribution in [0.1, 0.15) is 49.1 Å². The molecule has 1 aromatic rings. The van der Waals surface area contributed by atoms with E-state index in [1.54, 1.807) is 6.92 Å². The third-order valence-electron chi connectivity index (χ3n) is 4.38. The Labute approximate surface area is 109 Å². The topological polar surface area (TPSA) is 37.3 Å². The molecule has 0 aliphatic heterocycles. The van der Waals surface area contributed by atoms with Crippen LogP contribution < -0.4 is 0 Å². The zero-order chi connectivity index (χ0) is 13.4. The molecule has 0 spiro atoms. The molecule has 3 atom stereocenters. The molecule has 0 bridgehead atoms. The van der Waals surface area contributed by atoms with Crippen molar-refractivity contribution in [2.75, 3.05) is 0 Å². The lowest BCUT2D eigenvalue weighted by atomic mass is 9.86. The molecular weight excluding hydrogens is 224 g/mol. The number of rotatable bonds is 3. The number of carbonyl (C=O) groups is 1. The number of aliphatic hydroxyl groups is 1. The van der Waals surface area contributed by atoms with Gasteiger partial charge in [-0.2, -0.15) is 0 Å². The van der Waals surface area contributed by atoms with Crippen molar-refractivity contribution in [1.29, 1.82) is 0 Å². The summed E-state index contributed by atoms with van der Waals surface area (Å²) in [5, 5.41) is 10.5. The average Bonchev–Trinajstić information content (AvgIpc) is 2.65. The molecule has 0 saturated carbocycles. The molecule has 0 amide bonds. The van der Waals surface area contributed by atoms with Gasteiger partial charge >= 0.3 is 0 Å². The van der Waals surface area contributed by atoms with Crippen molar-refractivity contribution in [2.24, 2.45) is 11.8 Å².